The number of carbonyl (C=O) groups excluding carboxylic acids is 1. The van der Waals surface area contributed by atoms with Crippen molar-refractivity contribution >= 4 is 17.4 Å². The first-order chi connectivity index (χ1) is 8.49. The Hall–Kier alpha value is -2.29. The number of aromatic nitrogens is 1. The topological polar surface area (TPSA) is 109 Å². The molecule has 0 saturated heterocycles. The quantitative estimate of drug-likeness (QED) is 0.797. The molecule has 4 N–H and O–H groups in total. The zero-order valence-electron chi connectivity index (χ0n) is 10.6. The number of nitrogens with zero attached hydrogens (tertiary/aromatic N) is 3. The highest BCUT2D eigenvalue weighted by molar-refractivity contribution is 5.91. The van der Waals surface area contributed by atoms with Crippen LogP contribution in [0.1, 0.15) is 24.3 Å². The molecule has 0 fully saturated rings. The summed E-state index contributed by atoms with van der Waals surface area (Å²) < 4.78 is 0. The van der Waals surface area contributed by atoms with Gasteiger partial charge in [0.25, 0.3) is 5.91 Å². The molecule has 18 heavy (non-hydrogen) atoms. The third-order valence-corrected chi connectivity index (χ3v) is 2.55. The van der Waals surface area contributed by atoms with Gasteiger partial charge >= 0.3 is 0 Å². The highest BCUT2D eigenvalue weighted by Crippen LogP contribution is 2.21. The van der Waals surface area contributed by atoms with E-state index >= 15 is 0 Å². The number of amides is 1. The molecule has 1 aromatic heterocycles. The minimum absolute atomic E-state index is 0.150. The summed E-state index contributed by atoms with van der Waals surface area (Å²) in [5.74, 6) is -0.250. The van der Waals surface area contributed by atoms with Crippen molar-refractivity contribution in [1.29, 1.82) is 5.26 Å². The van der Waals surface area contributed by atoms with Crippen molar-refractivity contribution in [3.8, 4) is 6.07 Å². The van der Waals surface area contributed by atoms with Gasteiger partial charge in [0.1, 0.15) is 5.69 Å². The average molecular weight is 247 g/mol. The Morgan fingerprint density at radius 3 is 2.78 bits per heavy atom. The zero-order chi connectivity index (χ0) is 13.7. The molecule has 0 aliphatic carbocycles. The molecule has 0 aliphatic rings. The van der Waals surface area contributed by atoms with Crippen LogP contribution < -0.4 is 16.4 Å². The Morgan fingerprint density at radius 2 is 2.28 bits per heavy atom. The van der Waals surface area contributed by atoms with Gasteiger partial charge in [-0.15, -0.1) is 0 Å². The Kier molecular flexibility index (Phi) is 4.49. The fraction of sp³-hybridized carbons (Fsp3) is 0.417. The number of nitrogen functional groups attached to an aromatic ring is 1. The number of nitrogens with two attached hydrogens (primary N) is 2. The number of hydrogen-bond donors (Lipinski definition) is 2. The molecule has 0 bridgehead atoms. The number of rotatable bonds is 5. The van der Waals surface area contributed by atoms with Crippen LogP contribution in [0.3, 0.4) is 0 Å². The Morgan fingerprint density at radius 1 is 1.61 bits per heavy atom. The fourth-order valence-corrected chi connectivity index (χ4v) is 1.59. The number of nitriles is 1. The Labute approximate surface area is 106 Å². The van der Waals surface area contributed by atoms with Crippen LogP contribution in [0.5, 0.6) is 0 Å². The van der Waals surface area contributed by atoms with Gasteiger partial charge in [-0.1, -0.05) is 0 Å². The number of primary amides is 1. The Bertz CT molecular complexity index is 480. The normalized spacial score (nSPS) is 11.6. The highest BCUT2D eigenvalue weighted by Gasteiger charge is 2.15. The summed E-state index contributed by atoms with van der Waals surface area (Å²) in [5.41, 5.74) is 11.7. The van der Waals surface area contributed by atoms with Gasteiger partial charge < -0.3 is 16.4 Å². The van der Waals surface area contributed by atoms with Crippen LogP contribution >= 0.6 is 0 Å². The lowest BCUT2D eigenvalue weighted by Crippen LogP contribution is -2.30. The van der Waals surface area contributed by atoms with Gasteiger partial charge in [-0.05, 0) is 26.0 Å². The summed E-state index contributed by atoms with van der Waals surface area (Å²) in [5, 5.41) is 8.84. The van der Waals surface area contributed by atoms with E-state index in [1.54, 1.807) is 6.07 Å². The monoisotopic (exact) mass is 247 g/mol. The summed E-state index contributed by atoms with van der Waals surface area (Å²) in [7, 11) is 0. The van der Waals surface area contributed by atoms with Gasteiger partial charge in [-0.2, -0.15) is 5.26 Å². The number of hydrogen-bond acceptors (Lipinski definition) is 5. The van der Waals surface area contributed by atoms with E-state index in [9.17, 15) is 4.79 Å². The summed E-state index contributed by atoms with van der Waals surface area (Å²) >= 11 is 0. The molecule has 0 aromatic carbocycles. The van der Waals surface area contributed by atoms with Gasteiger partial charge in [0.15, 0.2) is 5.82 Å². The van der Waals surface area contributed by atoms with Crippen molar-refractivity contribution < 1.29 is 4.79 Å². The maximum atomic E-state index is 11.1. The Balaban J connectivity index is 3.08. The second-order valence-electron chi connectivity index (χ2n) is 4.04. The van der Waals surface area contributed by atoms with E-state index in [4.69, 9.17) is 16.7 Å². The molecule has 1 rings (SSSR count). The molecular weight excluding hydrogens is 230 g/mol. The van der Waals surface area contributed by atoms with E-state index in [1.807, 2.05) is 18.7 Å². The van der Waals surface area contributed by atoms with Crippen LogP contribution in [0.25, 0.3) is 0 Å². The van der Waals surface area contributed by atoms with Crippen LogP contribution in [0.2, 0.25) is 0 Å². The van der Waals surface area contributed by atoms with Crippen molar-refractivity contribution in [1.82, 2.24) is 4.98 Å². The fourth-order valence-electron chi connectivity index (χ4n) is 1.59. The van der Waals surface area contributed by atoms with Gasteiger partial charge in [0, 0.05) is 13.1 Å². The summed E-state index contributed by atoms with van der Waals surface area (Å²) in [6.07, 6.45) is 0. The molecule has 1 amide bonds. The first kappa shape index (κ1) is 13.8. The number of anilines is 2. The zero-order valence-corrected chi connectivity index (χ0v) is 10.6. The molecule has 0 aliphatic heterocycles. The molecule has 6 heteroatoms. The molecular formula is C12H17N5O. The van der Waals surface area contributed by atoms with Crippen LogP contribution in [0.15, 0.2) is 12.1 Å². The third-order valence-electron chi connectivity index (χ3n) is 2.55. The van der Waals surface area contributed by atoms with Crippen molar-refractivity contribution in [2.45, 2.75) is 13.8 Å². The minimum atomic E-state index is -0.597. The van der Waals surface area contributed by atoms with Crippen molar-refractivity contribution in [2.75, 3.05) is 23.7 Å². The third kappa shape index (κ3) is 3.10. The number of pyridine rings is 1. The lowest BCUT2D eigenvalue weighted by molar-refractivity contribution is 0.0995. The molecule has 6 nitrogen and oxygen atoms in total. The smallest absolute Gasteiger partial charge is 0.267 e. The average Bonchev–Trinajstić information content (AvgIpc) is 2.36. The van der Waals surface area contributed by atoms with E-state index in [2.05, 4.69) is 11.1 Å². The second-order valence-corrected chi connectivity index (χ2v) is 4.04. The van der Waals surface area contributed by atoms with Gasteiger partial charge in [-0.3, -0.25) is 4.79 Å². The number of carbonyl (C=O) groups is 1. The van der Waals surface area contributed by atoms with E-state index in [0.29, 0.717) is 24.6 Å². The van der Waals surface area contributed by atoms with Crippen LogP contribution in [-0.4, -0.2) is 24.0 Å². The maximum absolute atomic E-state index is 11.1. The van der Waals surface area contributed by atoms with E-state index < -0.39 is 5.91 Å². The van der Waals surface area contributed by atoms with Crippen molar-refractivity contribution in [3.05, 3.63) is 17.8 Å². The molecule has 0 spiro atoms. The molecule has 1 heterocycles. The molecule has 96 valence electrons. The molecule has 1 atom stereocenters. The van der Waals surface area contributed by atoms with Gasteiger partial charge in [-0.25, -0.2) is 4.98 Å². The van der Waals surface area contributed by atoms with Gasteiger partial charge in [0.05, 0.1) is 17.7 Å². The van der Waals surface area contributed by atoms with E-state index in [-0.39, 0.29) is 11.6 Å². The van der Waals surface area contributed by atoms with Crippen LogP contribution in [-0.2, 0) is 0 Å². The molecule has 1 aromatic rings. The summed E-state index contributed by atoms with van der Waals surface area (Å²) in [6, 6.07) is 5.24. The maximum Gasteiger partial charge on any atom is 0.267 e. The first-order valence-corrected chi connectivity index (χ1v) is 5.70. The van der Waals surface area contributed by atoms with Crippen LogP contribution in [0, 0.1) is 17.2 Å². The van der Waals surface area contributed by atoms with Crippen molar-refractivity contribution in [3.63, 3.8) is 0 Å². The SMILES string of the molecule is CCN(CC(C)C#N)c1nc(C(N)=O)ccc1N. The summed E-state index contributed by atoms with van der Waals surface area (Å²) in [6.45, 7) is 4.90. The predicted molar refractivity (Wildman–Crippen MR) is 69.8 cm³/mol. The lowest BCUT2D eigenvalue weighted by atomic mass is 10.2. The minimum Gasteiger partial charge on any atom is -0.396 e. The van der Waals surface area contributed by atoms with E-state index in [0.717, 1.165) is 0 Å². The summed E-state index contributed by atoms with van der Waals surface area (Å²) in [4.78, 5) is 17.1. The van der Waals surface area contributed by atoms with Crippen molar-refractivity contribution in [2.24, 2.45) is 11.7 Å². The predicted octanol–water partition coefficient (Wildman–Crippen LogP) is 0.749. The molecule has 0 saturated carbocycles. The second kappa shape index (κ2) is 5.87. The molecule has 1 unspecified atom stereocenters. The van der Waals surface area contributed by atoms with Crippen LogP contribution in [0.4, 0.5) is 11.5 Å². The largest absolute Gasteiger partial charge is 0.396 e. The first-order valence-electron chi connectivity index (χ1n) is 5.70. The highest BCUT2D eigenvalue weighted by atomic mass is 16.1. The lowest BCUT2D eigenvalue weighted by Gasteiger charge is -2.24. The van der Waals surface area contributed by atoms with E-state index in [1.165, 1.54) is 6.07 Å². The molecule has 0 radical (unpaired) electrons. The standard InChI is InChI=1S/C12H17N5O/c1-3-17(7-8(2)6-13)12-9(14)4-5-10(16-12)11(15)18/h4-5,8H,3,7,14H2,1-2H3,(H2,15,18). The van der Waals surface area contributed by atoms with Gasteiger partial charge in [0.2, 0.25) is 0 Å².